The van der Waals surface area contributed by atoms with Gasteiger partial charge in [0.05, 0.1) is 26.7 Å². The summed E-state index contributed by atoms with van der Waals surface area (Å²) in [6.07, 6.45) is 0.172. The summed E-state index contributed by atoms with van der Waals surface area (Å²) in [7, 11) is 3.10. The minimum atomic E-state index is -0.726. The molecule has 2 aromatic carbocycles. The van der Waals surface area contributed by atoms with Gasteiger partial charge in [-0.2, -0.15) is 0 Å². The number of rotatable bonds is 9. The van der Waals surface area contributed by atoms with Crippen LogP contribution >= 0.6 is 0 Å². The van der Waals surface area contributed by atoms with Crippen molar-refractivity contribution in [1.29, 1.82) is 0 Å². The molecule has 2 atom stereocenters. The average molecular weight is 409 g/mol. The fourth-order valence-corrected chi connectivity index (χ4v) is 3.45. The summed E-state index contributed by atoms with van der Waals surface area (Å²) in [6, 6.07) is 13.5. The fourth-order valence-electron chi connectivity index (χ4n) is 3.45. The summed E-state index contributed by atoms with van der Waals surface area (Å²) in [5, 5.41) is 6.39. The number of likely N-dealkylation sites (tertiary alicyclic amines) is 1. The second-order valence-corrected chi connectivity index (χ2v) is 6.83. The zero-order valence-electron chi connectivity index (χ0n) is 16.8. The molecule has 0 bridgehead atoms. The predicted octanol–water partition coefficient (Wildman–Crippen LogP) is 2.45. The van der Waals surface area contributed by atoms with Crippen LogP contribution in [-0.2, 0) is 22.6 Å². The predicted molar refractivity (Wildman–Crippen MR) is 110 cm³/mol. The molecule has 9 nitrogen and oxygen atoms in total. The van der Waals surface area contributed by atoms with E-state index in [0.29, 0.717) is 11.5 Å². The first-order chi connectivity index (χ1) is 14.6. The van der Waals surface area contributed by atoms with Crippen LogP contribution in [0.4, 0.5) is 0 Å². The maximum atomic E-state index is 12.8. The van der Waals surface area contributed by atoms with Crippen molar-refractivity contribution >= 4 is 11.8 Å². The van der Waals surface area contributed by atoms with Gasteiger partial charge in [-0.05, 0) is 23.2 Å². The van der Waals surface area contributed by atoms with Crippen LogP contribution in [-0.4, -0.2) is 49.6 Å². The number of hydrogen-bond acceptors (Lipinski definition) is 5. The topological polar surface area (TPSA) is 117 Å². The minimum Gasteiger partial charge on any atom is -0.497 e. The second kappa shape index (κ2) is 9.67. The summed E-state index contributed by atoms with van der Waals surface area (Å²) >= 11 is 0. The van der Waals surface area contributed by atoms with Gasteiger partial charge in [-0.3, -0.25) is 9.59 Å². The molecule has 9 heteroatoms. The van der Waals surface area contributed by atoms with Crippen molar-refractivity contribution in [2.24, 2.45) is 5.11 Å². The molecule has 0 aromatic heterocycles. The molecule has 156 valence electrons. The lowest BCUT2D eigenvalue weighted by Gasteiger charge is -2.47. The van der Waals surface area contributed by atoms with Crippen molar-refractivity contribution in [2.75, 3.05) is 20.8 Å². The van der Waals surface area contributed by atoms with E-state index in [0.717, 1.165) is 11.1 Å². The van der Waals surface area contributed by atoms with Crippen molar-refractivity contribution in [2.45, 2.75) is 25.0 Å². The quantitative estimate of drug-likeness (QED) is 0.296. The number of amides is 2. The second-order valence-electron chi connectivity index (χ2n) is 6.83. The molecule has 1 N–H and O–H groups in total. The number of β-lactam (4-membered cyclic amide) rings is 1. The van der Waals surface area contributed by atoms with Gasteiger partial charge in [0.15, 0.2) is 0 Å². The Kier molecular flexibility index (Phi) is 6.77. The third-order valence-electron chi connectivity index (χ3n) is 5.03. The number of nitrogens with one attached hydrogen (secondary N) is 1. The summed E-state index contributed by atoms with van der Waals surface area (Å²) < 4.78 is 10.6. The fraction of sp³-hybridized carbons (Fsp3) is 0.333. The van der Waals surface area contributed by atoms with E-state index in [2.05, 4.69) is 15.3 Å². The molecular formula is C21H23N5O4. The molecule has 2 amide bonds. The maximum Gasteiger partial charge on any atom is 0.247 e. The Bertz CT molecular complexity index is 959. The van der Waals surface area contributed by atoms with Crippen LogP contribution in [0.15, 0.2) is 53.6 Å². The number of methoxy groups -OCH3 is 2. The normalized spacial score (nSPS) is 17.5. The van der Waals surface area contributed by atoms with Gasteiger partial charge in [0, 0.05) is 29.6 Å². The average Bonchev–Trinajstić information content (AvgIpc) is 2.78. The lowest BCUT2D eigenvalue weighted by Crippen LogP contribution is -2.71. The molecule has 2 aromatic rings. The van der Waals surface area contributed by atoms with Gasteiger partial charge >= 0.3 is 0 Å². The van der Waals surface area contributed by atoms with Crippen LogP contribution in [0, 0.1) is 0 Å². The van der Waals surface area contributed by atoms with E-state index >= 15 is 0 Å². The Balaban J connectivity index is 1.71. The van der Waals surface area contributed by atoms with Gasteiger partial charge in [0.25, 0.3) is 0 Å². The Morgan fingerprint density at radius 2 is 1.97 bits per heavy atom. The van der Waals surface area contributed by atoms with Crippen molar-refractivity contribution in [3.05, 3.63) is 70.1 Å². The van der Waals surface area contributed by atoms with Gasteiger partial charge in [-0.25, -0.2) is 0 Å². The smallest absolute Gasteiger partial charge is 0.247 e. The number of ether oxygens (including phenoxy) is 2. The van der Waals surface area contributed by atoms with E-state index in [1.54, 1.807) is 31.3 Å². The van der Waals surface area contributed by atoms with Crippen LogP contribution in [0.3, 0.4) is 0 Å². The molecule has 3 rings (SSSR count). The number of benzene rings is 2. The summed E-state index contributed by atoms with van der Waals surface area (Å²) in [5.41, 5.74) is 10.4. The first-order valence-electron chi connectivity index (χ1n) is 9.43. The molecule has 1 heterocycles. The maximum absolute atomic E-state index is 12.8. The zero-order valence-corrected chi connectivity index (χ0v) is 16.8. The molecular weight excluding hydrogens is 386 g/mol. The zero-order chi connectivity index (χ0) is 21.5. The Labute approximate surface area is 174 Å². The summed E-state index contributed by atoms with van der Waals surface area (Å²) in [6.45, 7) is 0.333. The molecule has 2 unspecified atom stereocenters. The lowest BCUT2D eigenvalue weighted by molar-refractivity contribution is -0.154. The van der Waals surface area contributed by atoms with Crippen LogP contribution in [0.1, 0.15) is 11.1 Å². The van der Waals surface area contributed by atoms with E-state index in [-0.39, 0.29) is 31.3 Å². The number of carbonyl (C=O) groups excluding carboxylic acids is 2. The lowest BCUT2D eigenvalue weighted by atomic mass is 9.93. The van der Waals surface area contributed by atoms with Crippen molar-refractivity contribution < 1.29 is 19.1 Å². The monoisotopic (exact) mass is 409 g/mol. The minimum absolute atomic E-state index is 0.0665. The van der Waals surface area contributed by atoms with Gasteiger partial charge in [-0.1, -0.05) is 35.4 Å². The van der Waals surface area contributed by atoms with E-state index in [9.17, 15) is 9.59 Å². The number of hydrogen-bond donors (Lipinski definition) is 1. The Morgan fingerprint density at radius 3 is 2.63 bits per heavy atom. The molecule has 0 radical (unpaired) electrons. The van der Waals surface area contributed by atoms with E-state index < -0.39 is 12.1 Å². The van der Waals surface area contributed by atoms with Crippen LogP contribution in [0.5, 0.6) is 11.5 Å². The van der Waals surface area contributed by atoms with Crippen molar-refractivity contribution in [1.82, 2.24) is 10.2 Å². The first-order valence-corrected chi connectivity index (χ1v) is 9.43. The van der Waals surface area contributed by atoms with Gasteiger partial charge < -0.3 is 19.7 Å². The Morgan fingerprint density at radius 1 is 1.20 bits per heavy atom. The molecule has 0 spiro atoms. The molecule has 30 heavy (non-hydrogen) atoms. The molecule has 1 aliphatic rings. The third-order valence-corrected chi connectivity index (χ3v) is 5.03. The largest absolute Gasteiger partial charge is 0.497 e. The van der Waals surface area contributed by atoms with Crippen LogP contribution in [0.25, 0.3) is 10.4 Å². The number of carbonyl (C=O) groups is 2. The summed E-state index contributed by atoms with van der Waals surface area (Å²) in [5.74, 6) is 0.739. The number of azide groups is 1. The van der Waals surface area contributed by atoms with E-state index in [1.807, 2.05) is 36.4 Å². The van der Waals surface area contributed by atoms with Gasteiger partial charge in [-0.15, -0.1) is 0 Å². The molecule has 1 fully saturated rings. The molecule has 0 saturated carbocycles. The molecule has 0 aliphatic carbocycles. The highest BCUT2D eigenvalue weighted by Gasteiger charge is 2.47. The highest BCUT2D eigenvalue weighted by Crippen LogP contribution is 2.30. The van der Waals surface area contributed by atoms with Crippen LogP contribution < -0.4 is 14.8 Å². The van der Waals surface area contributed by atoms with E-state index in [4.69, 9.17) is 15.0 Å². The number of nitrogens with zero attached hydrogens (tertiary/aromatic N) is 4. The molecule has 1 saturated heterocycles. The van der Waals surface area contributed by atoms with Crippen LogP contribution in [0.2, 0.25) is 0 Å². The standard InChI is InChI=1S/C21H23N5O4/c1-29-16-9-8-15(18(11-16)30-2)13-26-17(12-23-25-22)20(21(26)28)24-19(27)10-14-6-4-3-5-7-14/h3-9,11,17,20H,10,12-13H2,1-2H3,(H,24,27). The highest BCUT2D eigenvalue weighted by molar-refractivity contribution is 5.94. The van der Waals surface area contributed by atoms with E-state index in [1.165, 1.54) is 0 Å². The highest BCUT2D eigenvalue weighted by atomic mass is 16.5. The summed E-state index contributed by atoms with van der Waals surface area (Å²) in [4.78, 5) is 29.5. The van der Waals surface area contributed by atoms with Crippen molar-refractivity contribution in [3.8, 4) is 11.5 Å². The third kappa shape index (κ3) is 4.64. The molecule has 1 aliphatic heterocycles. The van der Waals surface area contributed by atoms with Gasteiger partial charge in [0.1, 0.15) is 17.5 Å². The van der Waals surface area contributed by atoms with Crippen molar-refractivity contribution in [3.63, 3.8) is 0 Å². The van der Waals surface area contributed by atoms with Gasteiger partial charge in [0.2, 0.25) is 11.8 Å². The SMILES string of the molecule is COc1ccc(CN2C(=O)C(NC(=O)Cc3ccccc3)C2CN=[N+]=[N-])c(OC)c1. The first kappa shape index (κ1) is 21.0. The Hall–Kier alpha value is -3.71.